The lowest BCUT2D eigenvalue weighted by Crippen LogP contribution is -2.26. The van der Waals surface area contributed by atoms with Crippen LogP contribution in [0, 0.1) is 0 Å². The Morgan fingerprint density at radius 3 is 2.53 bits per heavy atom. The van der Waals surface area contributed by atoms with Crippen molar-refractivity contribution in [2.45, 2.75) is 18.8 Å². The van der Waals surface area contributed by atoms with Crippen LogP contribution in [0.5, 0.6) is 11.5 Å². The first kappa shape index (κ1) is 13.6. The molecule has 0 amide bonds. The van der Waals surface area contributed by atoms with Gasteiger partial charge in [-0.1, -0.05) is 0 Å². The Kier molecular flexibility index (Phi) is 4.19. The minimum Gasteiger partial charge on any atom is -0.508 e. The number of nitrogens with two attached hydrogens (primary N) is 1. The number of phenols is 1. The molecule has 4 nitrogen and oxygen atoms in total. The zero-order valence-electron chi connectivity index (χ0n) is 8.74. The van der Waals surface area contributed by atoms with Crippen molar-refractivity contribution in [3.8, 4) is 11.5 Å². The van der Waals surface area contributed by atoms with Gasteiger partial charge in [-0.25, -0.2) is 0 Å². The van der Waals surface area contributed by atoms with Gasteiger partial charge in [-0.15, -0.1) is 13.2 Å². The van der Waals surface area contributed by atoms with Gasteiger partial charge in [-0.3, -0.25) is 0 Å². The SMILES string of the molecule is NC(CO)Cc1cc(OC(F)(F)F)ccc1O. The van der Waals surface area contributed by atoms with E-state index in [1.54, 1.807) is 0 Å². The van der Waals surface area contributed by atoms with Crippen LogP contribution in [0.3, 0.4) is 0 Å². The number of benzene rings is 1. The highest BCUT2D eigenvalue weighted by molar-refractivity contribution is 5.39. The lowest BCUT2D eigenvalue weighted by atomic mass is 10.1. The number of hydrogen-bond acceptors (Lipinski definition) is 4. The number of aliphatic hydroxyl groups is 1. The van der Waals surface area contributed by atoms with Crippen LogP contribution in [0.15, 0.2) is 18.2 Å². The highest BCUT2D eigenvalue weighted by Gasteiger charge is 2.31. The summed E-state index contributed by atoms with van der Waals surface area (Å²) in [7, 11) is 0. The van der Waals surface area contributed by atoms with Gasteiger partial charge in [0.25, 0.3) is 0 Å². The second-order valence-electron chi connectivity index (χ2n) is 3.49. The fourth-order valence-electron chi connectivity index (χ4n) is 1.27. The normalized spacial score (nSPS) is 13.5. The molecule has 4 N–H and O–H groups in total. The third-order valence-corrected chi connectivity index (χ3v) is 2.00. The van der Waals surface area contributed by atoms with Crippen molar-refractivity contribution in [1.82, 2.24) is 0 Å². The summed E-state index contributed by atoms with van der Waals surface area (Å²) in [4.78, 5) is 0. The first-order valence-electron chi connectivity index (χ1n) is 4.76. The minimum absolute atomic E-state index is 0.0530. The van der Waals surface area contributed by atoms with Gasteiger partial charge >= 0.3 is 6.36 Å². The Morgan fingerprint density at radius 2 is 2.00 bits per heavy atom. The largest absolute Gasteiger partial charge is 0.573 e. The van der Waals surface area contributed by atoms with Gasteiger partial charge in [0.2, 0.25) is 0 Å². The number of aliphatic hydroxyl groups excluding tert-OH is 1. The Labute approximate surface area is 95.4 Å². The number of phenolic OH excluding ortho intramolecular Hbond substituents is 1. The van der Waals surface area contributed by atoms with Gasteiger partial charge in [0.1, 0.15) is 11.5 Å². The van der Waals surface area contributed by atoms with Crippen LogP contribution in [0.1, 0.15) is 5.56 Å². The van der Waals surface area contributed by atoms with Gasteiger partial charge in [-0.05, 0) is 30.2 Å². The molecule has 0 saturated heterocycles. The monoisotopic (exact) mass is 251 g/mol. The number of aromatic hydroxyl groups is 1. The van der Waals surface area contributed by atoms with Crippen molar-refractivity contribution in [3.63, 3.8) is 0 Å². The smallest absolute Gasteiger partial charge is 0.508 e. The third-order valence-electron chi connectivity index (χ3n) is 2.00. The van der Waals surface area contributed by atoms with Crippen molar-refractivity contribution in [3.05, 3.63) is 23.8 Å². The highest BCUT2D eigenvalue weighted by atomic mass is 19.4. The van der Waals surface area contributed by atoms with E-state index >= 15 is 0 Å². The minimum atomic E-state index is -4.78. The molecule has 0 aromatic heterocycles. The van der Waals surface area contributed by atoms with Crippen LogP contribution in [0.2, 0.25) is 0 Å². The fourth-order valence-corrected chi connectivity index (χ4v) is 1.27. The molecule has 1 aromatic carbocycles. The van der Waals surface area contributed by atoms with Gasteiger partial charge < -0.3 is 20.7 Å². The molecule has 0 spiro atoms. The van der Waals surface area contributed by atoms with Crippen molar-refractivity contribution >= 4 is 0 Å². The summed E-state index contributed by atoms with van der Waals surface area (Å²) >= 11 is 0. The highest BCUT2D eigenvalue weighted by Crippen LogP contribution is 2.28. The average Bonchev–Trinajstić information content (AvgIpc) is 2.20. The summed E-state index contributed by atoms with van der Waals surface area (Å²) in [5.41, 5.74) is 5.62. The lowest BCUT2D eigenvalue weighted by Gasteiger charge is -2.13. The molecule has 1 unspecified atom stereocenters. The molecule has 1 atom stereocenters. The molecule has 1 rings (SSSR count). The molecule has 0 radical (unpaired) electrons. The van der Waals surface area contributed by atoms with Crippen molar-refractivity contribution < 1.29 is 28.1 Å². The number of halogens is 3. The van der Waals surface area contributed by atoms with Gasteiger partial charge in [-0.2, -0.15) is 0 Å². The van der Waals surface area contributed by atoms with E-state index in [9.17, 15) is 18.3 Å². The molecule has 0 aliphatic rings. The van der Waals surface area contributed by atoms with E-state index in [4.69, 9.17) is 10.8 Å². The van der Waals surface area contributed by atoms with Crippen LogP contribution < -0.4 is 10.5 Å². The van der Waals surface area contributed by atoms with Crippen LogP contribution in [0.25, 0.3) is 0 Å². The van der Waals surface area contributed by atoms with E-state index < -0.39 is 18.2 Å². The average molecular weight is 251 g/mol. The van der Waals surface area contributed by atoms with E-state index in [-0.39, 0.29) is 24.3 Å². The van der Waals surface area contributed by atoms with Crippen molar-refractivity contribution in [1.29, 1.82) is 0 Å². The molecular weight excluding hydrogens is 239 g/mol. The van der Waals surface area contributed by atoms with Crippen LogP contribution in [-0.4, -0.2) is 29.2 Å². The van der Waals surface area contributed by atoms with E-state index in [1.165, 1.54) is 0 Å². The Balaban J connectivity index is 2.86. The summed E-state index contributed by atoms with van der Waals surface area (Å²) in [6.07, 6.45) is -4.73. The summed E-state index contributed by atoms with van der Waals surface area (Å²) < 4.78 is 39.6. The molecule has 96 valence electrons. The predicted molar refractivity (Wildman–Crippen MR) is 53.6 cm³/mol. The van der Waals surface area contributed by atoms with Gasteiger partial charge in [0, 0.05) is 6.04 Å². The topological polar surface area (TPSA) is 75.7 Å². The first-order chi connectivity index (χ1) is 7.81. The van der Waals surface area contributed by atoms with E-state index in [2.05, 4.69) is 4.74 Å². The number of ether oxygens (including phenoxy) is 1. The second-order valence-corrected chi connectivity index (χ2v) is 3.49. The van der Waals surface area contributed by atoms with Crippen LogP contribution >= 0.6 is 0 Å². The Bertz CT molecular complexity index is 382. The molecule has 0 heterocycles. The molecule has 0 aliphatic heterocycles. The number of alkyl halides is 3. The van der Waals surface area contributed by atoms with Crippen molar-refractivity contribution in [2.24, 2.45) is 5.73 Å². The van der Waals surface area contributed by atoms with Crippen LogP contribution in [0.4, 0.5) is 13.2 Å². The number of hydrogen-bond donors (Lipinski definition) is 3. The molecule has 1 aromatic rings. The van der Waals surface area contributed by atoms with Crippen LogP contribution in [-0.2, 0) is 6.42 Å². The maximum Gasteiger partial charge on any atom is 0.573 e. The summed E-state index contributed by atoms with van der Waals surface area (Å²) in [6.45, 7) is -0.330. The fraction of sp³-hybridized carbons (Fsp3) is 0.400. The maximum absolute atomic E-state index is 12.0. The first-order valence-corrected chi connectivity index (χ1v) is 4.76. The summed E-state index contributed by atoms with van der Waals surface area (Å²) in [6, 6.07) is 2.47. The summed E-state index contributed by atoms with van der Waals surface area (Å²) in [5, 5.41) is 18.1. The zero-order chi connectivity index (χ0) is 13.1. The van der Waals surface area contributed by atoms with Gasteiger partial charge in [0.05, 0.1) is 6.61 Å². The van der Waals surface area contributed by atoms with Crippen molar-refractivity contribution in [2.75, 3.05) is 6.61 Å². The Hall–Kier alpha value is -1.47. The van der Waals surface area contributed by atoms with E-state index in [1.807, 2.05) is 0 Å². The standard InChI is InChI=1S/C10H12F3NO3/c11-10(12,13)17-8-1-2-9(16)6(4-8)3-7(14)5-15/h1-2,4,7,15-16H,3,5,14H2. The maximum atomic E-state index is 12.0. The lowest BCUT2D eigenvalue weighted by molar-refractivity contribution is -0.274. The zero-order valence-corrected chi connectivity index (χ0v) is 8.74. The third kappa shape index (κ3) is 4.49. The van der Waals surface area contributed by atoms with E-state index in [0.29, 0.717) is 0 Å². The molecule has 0 saturated carbocycles. The number of rotatable bonds is 4. The molecule has 0 bridgehead atoms. The summed E-state index contributed by atoms with van der Waals surface area (Å²) in [5.74, 6) is -0.626. The second kappa shape index (κ2) is 5.24. The quantitative estimate of drug-likeness (QED) is 0.750. The molecule has 7 heteroatoms. The molecule has 0 aliphatic carbocycles. The predicted octanol–water partition coefficient (Wildman–Crippen LogP) is 1.15. The van der Waals surface area contributed by atoms with Gasteiger partial charge in [0.15, 0.2) is 0 Å². The molecular formula is C10H12F3NO3. The molecule has 0 fully saturated rings. The Morgan fingerprint density at radius 1 is 1.35 bits per heavy atom. The molecule has 17 heavy (non-hydrogen) atoms. The van der Waals surface area contributed by atoms with E-state index in [0.717, 1.165) is 18.2 Å².